The molecule has 1 fully saturated rings. The fraction of sp³-hybridized carbons (Fsp3) is 0.600. The standard InChI is InChI=1S/C20H29N9O2/c1-28(15-10-6-3-7-11-15)13-16-17(23-27-29(16)19-18(21)25-31-26-19)20(30)24-22-12-14-8-4-2-5-9-14/h2,4,12,14-15H,3,5-11,13H2,1H3,(H2,21,25)(H,24,30)/b22-12-/t14-/m1/s1. The highest BCUT2D eigenvalue weighted by Crippen LogP contribution is 2.24. The van der Waals surface area contributed by atoms with E-state index in [1.165, 1.54) is 23.9 Å². The lowest BCUT2D eigenvalue weighted by atomic mass is 9.94. The zero-order chi connectivity index (χ0) is 21.6. The molecule has 2 aliphatic carbocycles. The molecule has 2 aromatic rings. The van der Waals surface area contributed by atoms with Crippen molar-refractivity contribution in [1.29, 1.82) is 0 Å². The van der Waals surface area contributed by atoms with Gasteiger partial charge in [-0.2, -0.15) is 9.78 Å². The van der Waals surface area contributed by atoms with Gasteiger partial charge in [-0.3, -0.25) is 9.69 Å². The molecular weight excluding hydrogens is 398 g/mol. The smallest absolute Gasteiger partial charge is 0.293 e. The zero-order valence-corrected chi connectivity index (χ0v) is 17.8. The van der Waals surface area contributed by atoms with E-state index in [2.05, 4.69) is 48.2 Å². The van der Waals surface area contributed by atoms with E-state index in [4.69, 9.17) is 10.4 Å². The first-order valence-electron chi connectivity index (χ1n) is 10.8. The van der Waals surface area contributed by atoms with Crippen molar-refractivity contribution in [3.05, 3.63) is 23.5 Å². The molecule has 2 aromatic heterocycles. The summed E-state index contributed by atoms with van der Waals surface area (Å²) in [6.07, 6.45) is 15.1. The van der Waals surface area contributed by atoms with Crippen LogP contribution < -0.4 is 11.2 Å². The van der Waals surface area contributed by atoms with Crippen molar-refractivity contribution in [3.8, 4) is 5.82 Å². The fourth-order valence-corrected chi connectivity index (χ4v) is 4.22. The largest absolute Gasteiger partial charge is 0.378 e. The number of allylic oxidation sites excluding steroid dienone is 2. The lowest BCUT2D eigenvalue weighted by molar-refractivity contribution is 0.0946. The molecule has 0 saturated heterocycles. The van der Waals surface area contributed by atoms with E-state index in [0.717, 1.165) is 32.1 Å². The first kappa shape index (κ1) is 21.2. The summed E-state index contributed by atoms with van der Waals surface area (Å²) in [6, 6.07) is 0.443. The van der Waals surface area contributed by atoms with Crippen molar-refractivity contribution in [2.75, 3.05) is 12.8 Å². The molecule has 31 heavy (non-hydrogen) atoms. The summed E-state index contributed by atoms with van der Waals surface area (Å²) in [4.78, 5) is 15.1. The maximum absolute atomic E-state index is 12.9. The Morgan fingerprint density at radius 1 is 1.32 bits per heavy atom. The summed E-state index contributed by atoms with van der Waals surface area (Å²) in [7, 11) is 2.05. The van der Waals surface area contributed by atoms with Crippen molar-refractivity contribution < 1.29 is 9.42 Å². The van der Waals surface area contributed by atoms with Crippen molar-refractivity contribution in [2.24, 2.45) is 11.0 Å². The number of nitrogens with zero attached hydrogens (tertiary/aromatic N) is 7. The van der Waals surface area contributed by atoms with E-state index < -0.39 is 5.91 Å². The second-order valence-electron chi connectivity index (χ2n) is 8.24. The molecule has 0 radical (unpaired) electrons. The van der Waals surface area contributed by atoms with Crippen LogP contribution in [-0.2, 0) is 6.54 Å². The van der Waals surface area contributed by atoms with Gasteiger partial charge in [-0.15, -0.1) is 5.10 Å². The average molecular weight is 428 g/mol. The minimum Gasteiger partial charge on any atom is -0.378 e. The highest BCUT2D eigenvalue weighted by molar-refractivity contribution is 5.93. The number of amides is 1. The topological polar surface area (TPSA) is 140 Å². The van der Waals surface area contributed by atoms with Gasteiger partial charge in [-0.05, 0) is 55.4 Å². The quantitative estimate of drug-likeness (QED) is 0.389. The van der Waals surface area contributed by atoms with Crippen LogP contribution in [0, 0.1) is 5.92 Å². The molecule has 0 unspecified atom stereocenters. The van der Waals surface area contributed by atoms with Gasteiger partial charge in [0.05, 0.1) is 5.69 Å². The molecule has 2 heterocycles. The predicted octanol–water partition coefficient (Wildman–Crippen LogP) is 2.07. The summed E-state index contributed by atoms with van der Waals surface area (Å²) in [5, 5.41) is 19.8. The van der Waals surface area contributed by atoms with Gasteiger partial charge in [-0.25, -0.2) is 10.1 Å². The van der Waals surface area contributed by atoms with Gasteiger partial charge in [0.1, 0.15) is 0 Å². The fourth-order valence-electron chi connectivity index (χ4n) is 4.22. The molecule has 1 atom stereocenters. The van der Waals surface area contributed by atoms with Crippen LogP contribution in [0.4, 0.5) is 5.82 Å². The normalized spacial score (nSPS) is 20.0. The van der Waals surface area contributed by atoms with E-state index in [0.29, 0.717) is 24.2 Å². The number of hydrogen-bond acceptors (Lipinski definition) is 9. The van der Waals surface area contributed by atoms with E-state index in [-0.39, 0.29) is 17.3 Å². The molecule has 11 nitrogen and oxygen atoms in total. The maximum Gasteiger partial charge on any atom is 0.293 e. The number of aromatic nitrogens is 5. The van der Waals surface area contributed by atoms with Gasteiger partial charge in [0.15, 0.2) is 5.69 Å². The Morgan fingerprint density at radius 3 is 2.87 bits per heavy atom. The number of carbonyl (C=O) groups excluding carboxylic acids is 1. The monoisotopic (exact) mass is 427 g/mol. The summed E-state index contributed by atoms with van der Waals surface area (Å²) in [5.74, 6) is 0.215. The minimum absolute atomic E-state index is 0.0850. The van der Waals surface area contributed by atoms with Gasteiger partial charge in [-0.1, -0.05) is 36.6 Å². The number of hydrogen-bond donors (Lipinski definition) is 2. The summed E-state index contributed by atoms with van der Waals surface area (Å²) >= 11 is 0. The van der Waals surface area contributed by atoms with Gasteiger partial charge >= 0.3 is 0 Å². The number of nitrogens with one attached hydrogen (secondary N) is 1. The van der Waals surface area contributed by atoms with Crippen LogP contribution in [0.15, 0.2) is 21.9 Å². The lowest BCUT2D eigenvalue weighted by Gasteiger charge is -2.31. The first-order valence-corrected chi connectivity index (χ1v) is 10.8. The third-order valence-corrected chi connectivity index (χ3v) is 6.03. The second kappa shape index (κ2) is 9.82. The number of anilines is 1. The van der Waals surface area contributed by atoms with Gasteiger partial charge in [0.25, 0.3) is 5.91 Å². The van der Waals surface area contributed by atoms with E-state index in [9.17, 15) is 4.79 Å². The van der Waals surface area contributed by atoms with Crippen LogP contribution >= 0.6 is 0 Å². The molecule has 3 N–H and O–H groups in total. The van der Waals surface area contributed by atoms with E-state index in [1.54, 1.807) is 6.21 Å². The van der Waals surface area contributed by atoms with Crippen LogP contribution in [0.5, 0.6) is 0 Å². The molecule has 0 spiro atoms. The van der Waals surface area contributed by atoms with Crippen molar-refractivity contribution in [1.82, 2.24) is 35.6 Å². The van der Waals surface area contributed by atoms with Crippen LogP contribution in [0.2, 0.25) is 0 Å². The highest BCUT2D eigenvalue weighted by Gasteiger charge is 2.27. The van der Waals surface area contributed by atoms with E-state index >= 15 is 0 Å². The number of rotatable bonds is 7. The Bertz CT molecular complexity index is 942. The van der Waals surface area contributed by atoms with Gasteiger partial charge < -0.3 is 5.73 Å². The molecule has 2 aliphatic rings. The van der Waals surface area contributed by atoms with Crippen molar-refractivity contribution >= 4 is 17.9 Å². The molecule has 0 aliphatic heterocycles. The predicted molar refractivity (Wildman–Crippen MR) is 114 cm³/mol. The van der Waals surface area contributed by atoms with Gasteiger partial charge in [0.2, 0.25) is 11.6 Å². The van der Waals surface area contributed by atoms with Crippen LogP contribution in [0.25, 0.3) is 5.82 Å². The lowest BCUT2D eigenvalue weighted by Crippen LogP contribution is -2.34. The molecule has 1 saturated carbocycles. The molecule has 166 valence electrons. The second-order valence-corrected chi connectivity index (χ2v) is 8.24. The first-order chi connectivity index (χ1) is 15.1. The van der Waals surface area contributed by atoms with E-state index in [1.807, 2.05) is 7.05 Å². The van der Waals surface area contributed by atoms with Crippen molar-refractivity contribution in [3.63, 3.8) is 0 Å². The molecule has 4 rings (SSSR count). The SMILES string of the molecule is CN(Cc1c(C(=O)N/N=C\[C@@H]2CC=CCC2)nnn1-c1nonc1N)C1CCCCC1. The third kappa shape index (κ3) is 4.98. The number of nitrogen functional groups attached to an aromatic ring is 1. The molecule has 0 bridgehead atoms. The Labute approximate surface area is 180 Å². The maximum atomic E-state index is 12.9. The highest BCUT2D eigenvalue weighted by atomic mass is 16.6. The number of carbonyl (C=O) groups is 1. The molecule has 11 heteroatoms. The minimum atomic E-state index is -0.420. The van der Waals surface area contributed by atoms with Crippen LogP contribution in [-0.4, -0.2) is 55.4 Å². The Kier molecular flexibility index (Phi) is 6.70. The zero-order valence-electron chi connectivity index (χ0n) is 17.8. The van der Waals surface area contributed by atoms with Crippen LogP contribution in [0.3, 0.4) is 0 Å². The summed E-state index contributed by atoms with van der Waals surface area (Å²) in [5.41, 5.74) is 9.22. The summed E-state index contributed by atoms with van der Waals surface area (Å²) in [6.45, 7) is 0.462. The summed E-state index contributed by atoms with van der Waals surface area (Å²) < 4.78 is 6.15. The third-order valence-electron chi connectivity index (χ3n) is 6.03. The Morgan fingerprint density at radius 2 is 2.16 bits per heavy atom. The Balaban J connectivity index is 1.54. The van der Waals surface area contributed by atoms with Crippen LogP contribution in [0.1, 0.15) is 67.5 Å². The van der Waals surface area contributed by atoms with Crippen molar-refractivity contribution in [2.45, 2.75) is 64.0 Å². The molecule has 1 amide bonds. The number of hydrazone groups is 1. The van der Waals surface area contributed by atoms with Gasteiger partial charge in [0, 0.05) is 18.8 Å². The Hall–Kier alpha value is -3.08. The average Bonchev–Trinajstić information content (AvgIpc) is 3.40. The number of nitrogens with two attached hydrogens (primary N) is 1. The molecular formula is C20H29N9O2. The molecule has 0 aromatic carbocycles.